The molecule has 0 bridgehead atoms. The molecule has 2 saturated carbocycles. The Morgan fingerprint density at radius 1 is 0.625 bits per heavy atom. The molecule has 0 atom stereocenters. The van der Waals surface area contributed by atoms with Crippen LogP contribution in [0.15, 0.2) is 24.3 Å². The number of aryl methyl sites for hydroxylation is 1. The SMILES string of the molecule is CCCCCCC[C@H]1CC[C@H]([C@H]2CC[C@H](CCc3ccc(OCCCC)cc3)CC2)CC1. The van der Waals surface area contributed by atoms with Gasteiger partial charge in [0, 0.05) is 0 Å². The Bertz CT molecular complexity index is 575. The summed E-state index contributed by atoms with van der Waals surface area (Å²) in [5.41, 5.74) is 1.49. The molecule has 32 heavy (non-hydrogen) atoms. The van der Waals surface area contributed by atoms with Crippen molar-refractivity contribution in [1.82, 2.24) is 0 Å². The number of benzene rings is 1. The lowest BCUT2D eigenvalue weighted by Gasteiger charge is -2.38. The molecule has 1 aromatic carbocycles. The highest BCUT2D eigenvalue weighted by Crippen LogP contribution is 2.43. The van der Waals surface area contributed by atoms with Crippen molar-refractivity contribution in [3.05, 3.63) is 29.8 Å². The fraction of sp³-hybridized carbons (Fsp3) is 0.806. The Kier molecular flexibility index (Phi) is 12.0. The second kappa shape index (κ2) is 15.0. The lowest BCUT2D eigenvalue weighted by molar-refractivity contribution is 0.140. The van der Waals surface area contributed by atoms with Gasteiger partial charge in [-0.05, 0) is 86.3 Å². The molecule has 1 aromatic rings. The Labute approximate surface area is 200 Å². The zero-order valence-electron chi connectivity index (χ0n) is 21.5. The van der Waals surface area contributed by atoms with E-state index in [1.54, 1.807) is 12.8 Å². The smallest absolute Gasteiger partial charge is 0.119 e. The molecule has 0 saturated heterocycles. The highest BCUT2D eigenvalue weighted by atomic mass is 16.5. The van der Waals surface area contributed by atoms with E-state index in [0.29, 0.717) is 0 Å². The normalized spacial score (nSPS) is 26.2. The van der Waals surface area contributed by atoms with Crippen LogP contribution in [0.25, 0.3) is 0 Å². The van der Waals surface area contributed by atoms with Crippen LogP contribution in [0.1, 0.15) is 129 Å². The van der Waals surface area contributed by atoms with Crippen LogP contribution in [0.3, 0.4) is 0 Å². The molecule has 0 aliphatic heterocycles. The quantitative estimate of drug-likeness (QED) is 0.261. The first-order valence-electron chi connectivity index (χ1n) is 14.5. The molecule has 2 fully saturated rings. The minimum absolute atomic E-state index is 0.847. The van der Waals surface area contributed by atoms with Crippen molar-refractivity contribution < 1.29 is 4.74 Å². The maximum Gasteiger partial charge on any atom is 0.119 e. The van der Waals surface area contributed by atoms with E-state index in [1.165, 1.54) is 102 Å². The summed E-state index contributed by atoms with van der Waals surface area (Å²) >= 11 is 0. The number of hydrogen-bond donors (Lipinski definition) is 0. The molecule has 0 amide bonds. The predicted octanol–water partition coefficient (Wildman–Crippen LogP) is 9.77. The second-order valence-electron chi connectivity index (χ2n) is 11.1. The first kappa shape index (κ1) is 25.6. The van der Waals surface area contributed by atoms with Crippen LogP contribution in [0.2, 0.25) is 0 Å². The van der Waals surface area contributed by atoms with Crippen LogP contribution in [-0.2, 0) is 6.42 Å². The van der Waals surface area contributed by atoms with E-state index in [-0.39, 0.29) is 0 Å². The summed E-state index contributed by atoms with van der Waals surface area (Å²) in [5.74, 6) is 5.18. The molecule has 0 spiro atoms. The third-order valence-electron chi connectivity index (χ3n) is 8.70. The zero-order chi connectivity index (χ0) is 22.4. The van der Waals surface area contributed by atoms with Crippen LogP contribution in [0, 0.1) is 23.7 Å². The molecule has 0 heterocycles. The Morgan fingerprint density at radius 2 is 1.19 bits per heavy atom. The summed E-state index contributed by atoms with van der Waals surface area (Å²) in [6.45, 7) is 5.37. The molecule has 3 rings (SSSR count). The average molecular weight is 441 g/mol. The van der Waals surface area contributed by atoms with Crippen molar-refractivity contribution in [2.24, 2.45) is 23.7 Å². The van der Waals surface area contributed by atoms with Gasteiger partial charge in [-0.1, -0.05) is 96.6 Å². The summed E-state index contributed by atoms with van der Waals surface area (Å²) in [5, 5.41) is 0. The van der Waals surface area contributed by atoms with Gasteiger partial charge in [-0.25, -0.2) is 0 Å². The average Bonchev–Trinajstić information content (AvgIpc) is 2.84. The number of hydrogen-bond acceptors (Lipinski definition) is 1. The summed E-state index contributed by atoms with van der Waals surface area (Å²) in [4.78, 5) is 0. The Morgan fingerprint density at radius 3 is 1.78 bits per heavy atom. The molecule has 1 nitrogen and oxygen atoms in total. The van der Waals surface area contributed by atoms with E-state index in [0.717, 1.165) is 42.4 Å². The van der Waals surface area contributed by atoms with E-state index in [2.05, 4.69) is 38.1 Å². The van der Waals surface area contributed by atoms with Crippen LogP contribution in [0.4, 0.5) is 0 Å². The topological polar surface area (TPSA) is 9.23 Å². The van der Waals surface area contributed by atoms with Crippen molar-refractivity contribution in [2.75, 3.05) is 6.61 Å². The van der Waals surface area contributed by atoms with E-state index in [4.69, 9.17) is 4.74 Å². The fourth-order valence-electron chi connectivity index (χ4n) is 6.39. The van der Waals surface area contributed by atoms with Crippen LogP contribution in [0.5, 0.6) is 5.75 Å². The molecule has 182 valence electrons. The molecule has 1 heteroatoms. The molecular weight excluding hydrogens is 388 g/mol. The molecule has 0 aromatic heterocycles. The lowest BCUT2D eigenvalue weighted by atomic mass is 9.68. The first-order valence-corrected chi connectivity index (χ1v) is 14.5. The van der Waals surface area contributed by atoms with Gasteiger partial charge in [0.15, 0.2) is 0 Å². The summed E-state index contributed by atoms with van der Waals surface area (Å²) in [7, 11) is 0. The molecule has 2 aliphatic rings. The Balaban J connectivity index is 1.26. The maximum atomic E-state index is 5.81. The molecule has 0 unspecified atom stereocenters. The summed E-state index contributed by atoms with van der Waals surface area (Å²) in [6.07, 6.45) is 25.9. The van der Waals surface area contributed by atoms with Gasteiger partial charge in [-0.3, -0.25) is 0 Å². The lowest BCUT2D eigenvalue weighted by Crippen LogP contribution is -2.26. The van der Waals surface area contributed by atoms with Crippen molar-refractivity contribution in [3.8, 4) is 5.75 Å². The first-order chi connectivity index (χ1) is 15.8. The van der Waals surface area contributed by atoms with Crippen molar-refractivity contribution >= 4 is 0 Å². The Hall–Kier alpha value is -0.980. The van der Waals surface area contributed by atoms with Crippen molar-refractivity contribution in [1.29, 1.82) is 0 Å². The van der Waals surface area contributed by atoms with Gasteiger partial charge in [-0.15, -0.1) is 0 Å². The van der Waals surface area contributed by atoms with Crippen LogP contribution >= 0.6 is 0 Å². The third kappa shape index (κ3) is 9.11. The number of ether oxygens (including phenoxy) is 1. The standard InChI is InChI=1S/C31H52O/c1-3-5-7-8-9-10-26-13-19-29(20-14-26)30-21-15-27(16-22-30)11-12-28-17-23-31(24-18-28)32-25-6-4-2/h17-18,23-24,26-27,29-30H,3-16,19-22,25H2,1-2H3/t26-,27-,29-,30-. The minimum Gasteiger partial charge on any atom is -0.494 e. The highest BCUT2D eigenvalue weighted by molar-refractivity contribution is 5.27. The molecule has 0 N–H and O–H groups in total. The van der Waals surface area contributed by atoms with Gasteiger partial charge >= 0.3 is 0 Å². The van der Waals surface area contributed by atoms with E-state index in [9.17, 15) is 0 Å². The van der Waals surface area contributed by atoms with Crippen LogP contribution < -0.4 is 4.74 Å². The minimum atomic E-state index is 0.847. The third-order valence-corrected chi connectivity index (χ3v) is 8.70. The second-order valence-corrected chi connectivity index (χ2v) is 11.1. The van der Waals surface area contributed by atoms with Crippen LogP contribution in [-0.4, -0.2) is 6.61 Å². The van der Waals surface area contributed by atoms with Gasteiger partial charge in [0.1, 0.15) is 5.75 Å². The maximum absolute atomic E-state index is 5.81. The van der Waals surface area contributed by atoms with E-state index in [1.807, 2.05) is 0 Å². The fourth-order valence-corrected chi connectivity index (χ4v) is 6.39. The van der Waals surface area contributed by atoms with Crippen molar-refractivity contribution in [3.63, 3.8) is 0 Å². The summed E-state index contributed by atoms with van der Waals surface area (Å²) in [6, 6.07) is 8.91. The van der Waals surface area contributed by atoms with E-state index < -0.39 is 0 Å². The van der Waals surface area contributed by atoms with Crippen molar-refractivity contribution in [2.45, 2.75) is 129 Å². The highest BCUT2D eigenvalue weighted by Gasteiger charge is 2.30. The van der Waals surface area contributed by atoms with Gasteiger partial charge in [0.2, 0.25) is 0 Å². The molecule has 0 radical (unpaired) electrons. The zero-order valence-corrected chi connectivity index (χ0v) is 21.5. The largest absolute Gasteiger partial charge is 0.494 e. The van der Waals surface area contributed by atoms with Gasteiger partial charge in [-0.2, -0.15) is 0 Å². The monoisotopic (exact) mass is 440 g/mol. The number of unbranched alkanes of at least 4 members (excludes halogenated alkanes) is 5. The van der Waals surface area contributed by atoms with Gasteiger partial charge < -0.3 is 4.74 Å². The van der Waals surface area contributed by atoms with E-state index >= 15 is 0 Å². The van der Waals surface area contributed by atoms with Gasteiger partial charge in [0.25, 0.3) is 0 Å². The predicted molar refractivity (Wildman–Crippen MR) is 139 cm³/mol. The van der Waals surface area contributed by atoms with Gasteiger partial charge in [0.05, 0.1) is 6.61 Å². The summed E-state index contributed by atoms with van der Waals surface area (Å²) < 4.78 is 5.81. The molecular formula is C31H52O. The number of rotatable bonds is 14. The molecule has 2 aliphatic carbocycles.